The summed E-state index contributed by atoms with van der Waals surface area (Å²) in [5.41, 5.74) is 0.856. The molecule has 10 heteroatoms. The van der Waals surface area contributed by atoms with Crippen molar-refractivity contribution in [1.29, 1.82) is 0 Å². The van der Waals surface area contributed by atoms with E-state index in [0.29, 0.717) is 11.9 Å². The molecule has 0 aliphatic carbocycles. The first-order chi connectivity index (χ1) is 14.2. The summed E-state index contributed by atoms with van der Waals surface area (Å²) < 4.78 is 40.3. The second-order valence-corrected chi connectivity index (χ2v) is 6.44. The summed E-state index contributed by atoms with van der Waals surface area (Å²) in [6, 6.07) is 12.5. The van der Waals surface area contributed by atoms with Crippen molar-refractivity contribution in [2.45, 2.75) is 19.5 Å². The Hall–Kier alpha value is -3.69. The molecular weight excluding hydrogens is 399 g/mol. The van der Waals surface area contributed by atoms with Crippen LogP contribution in [0.2, 0.25) is 0 Å². The Morgan fingerprint density at radius 3 is 2.27 bits per heavy atom. The fraction of sp³-hybridized carbons (Fsp3) is 0.200. The van der Waals surface area contributed by atoms with E-state index in [0.717, 1.165) is 12.0 Å². The van der Waals surface area contributed by atoms with Crippen molar-refractivity contribution in [3.8, 4) is 0 Å². The molecular formula is C20H18F3N5O2. The molecule has 0 radical (unpaired) electrons. The number of hydrogen-bond donors (Lipinski definition) is 1. The summed E-state index contributed by atoms with van der Waals surface area (Å²) in [6.07, 6.45) is -3.10. The number of hydrogen-bond acceptors (Lipinski definition) is 6. The number of halogens is 3. The molecule has 0 amide bonds. The number of aryl methyl sites for hydroxylation is 1. The van der Waals surface area contributed by atoms with Gasteiger partial charge >= 0.3 is 6.18 Å². The van der Waals surface area contributed by atoms with Crippen LogP contribution in [0.5, 0.6) is 0 Å². The van der Waals surface area contributed by atoms with Crippen molar-refractivity contribution in [3.63, 3.8) is 0 Å². The number of nitrogens with zero attached hydrogens (tertiary/aromatic N) is 4. The lowest BCUT2D eigenvalue weighted by Gasteiger charge is -2.20. The van der Waals surface area contributed by atoms with Crippen molar-refractivity contribution in [1.82, 2.24) is 9.97 Å². The van der Waals surface area contributed by atoms with Crippen LogP contribution in [0.3, 0.4) is 0 Å². The van der Waals surface area contributed by atoms with E-state index in [1.165, 1.54) is 24.3 Å². The molecule has 0 aliphatic heterocycles. The van der Waals surface area contributed by atoms with Gasteiger partial charge < -0.3 is 10.2 Å². The highest BCUT2D eigenvalue weighted by Crippen LogP contribution is 2.36. The monoisotopic (exact) mass is 417 g/mol. The quantitative estimate of drug-likeness (QED) is 0.422. The van der Waals surface area contributed by atoms with E-state index in [2.05, 4.69) is 15.3 Å². The lowest BCUT2D eigenvalue weighted by atomic mass is 10.1. The van der Waals surface area contributed by atoms with Gasteiger partial charge in [0.1, 0.15) is 11.4 Å². The highest BCUT2D eigenvalue weighted by atomic mass is 19.4. The Morgan fingerprint density at radius 2 is 1.73 bits per heavy atom. The van der Waals surface area contributed by atoms with Crippen LogP contribution in [0, 0.1) is 10.1 Å². The Morgan fingerprint density at radius 1 is 1.10 bits per heavy atom. The van der Waals surface area contributed by atoms with Crippen LogP contribution in [0.4, 0.5) is 42.0 Å². The van der Waals surface area contributed by atoms with E-state index in [-0.39, 0.29) is 17.3 Å². The number of alkyl halides is 3. The average molecular weight is 417 g/mol. The van der Waals surface area contributed by atoms with E-state index in [1.54, 1.807) is 11.9 Å². The molecule has 7 nitrogen and oxygen atoms in total. The molecule has 0 saturated heterocycles. The van der Waals surface area contributed by atoms with Gasteiger partial charge in [0.05, 0.1) is 4.92 Å². The third kappa shape index (κ3) is 4.65. The zero-order chi connectivity index (χ0) is 21.9. The SMILES string of the molecule is CCc1ccc(N(C)c2ncc(C(F)(F)F)c(Nc3ccc([N+](=O)[O-])cc3)n2)cc1. The van der Waals surface area contributed by atoms with Crippen molar-refractivity contribution in [2.24, 2.45) is 0 Å². The Labute approximate surface area is 170 Å². The van der Waals surface area contributed by atoms with Gasteiger partial charge in [-0.2, -0.15) is 18.2 Å². The van der Waals surface area contributed by atoms with E-state index in [4.69, 9.17) is 0 Å². The molecule has 3 aromatic rings. The summed E-state index contributed by atoms with van der Waals surface area (Å²) in [5, 5.41) is 13.4. The van der Waals surface area contributed by atoms with Crippen molar-refractivity contribution in [2.75, 3.05) is 17.3 Å². The Balaban J connectivity index is 1.96. The van der Waals surface area contributed by atoms with Gasteiger partial charge in [-0.1, -0.05) is 19.1 Å². The molecule has 0 saturated carbocycles. The predicted octanol–water partition coefficient (Wildman–Crippen LogP) is 5.48. The smallest absolute Gasteiger partial charge is 0.340 e. The fourth-order valence-electron chi connectivity index (χ4n) is 2.71. The van der Waals surface area contributed by atoms with E-state index < -0.39 is 22.5 Å². The van der Waals surface area contributed by atoms with Gasteiger partial charge in [0.15, 0.2) is 0 Å². The minimum Gasteiger partial charge on any atom is -0.340 e. The van der Waals surface area contributed by atoms with Gasteiger partial charge in [-0.3, -0.25) is 10.1 Å². The molecule has 2 aromatic carbocycles. The molecule has 1 N–H and O–H groups in total. The Bertz CT molecular complexity index is 1040. The van der Waals surface area contributed by atoms with Crippen molar-refractivity contribution < 1.29 is 18.1 Å². The maximum atomic E-state index is 13.4. The van der Waals surface area contributed by atoms with Crippen LogP contribution in [0.1, 0.15) is 18.1 Å². The molecule has 0 aliphatic rings. The summed E-state index contributed by atoms with van der Waals surface area (Å²) in [7, 11) is 1.65. The first kappa shape index (κ1) is 21.0. The maximum Gasteiger partial charge on any atom is 0.421 e. The molecule has 156 valence electrons. The summed E-state index contributed by atoms with van der Waals surface area (Å²) in [5.74, 6) is -0.380. The van der Waals surface area contributed by atoms with Crippen LogP contribution in [-0.2, 0) is 12.6 Å². The highest BCUT2D eigenvalue weighted by molar-refractivity contribution is 5.64. The van der Waals surface area contributed by atoms with Gasteiger partial charge in [0.2, 0.25) is 5.95 Å². The first-order valence-corrected chi connectivity index (χ1v) is 8.97. The van der Waals surface area contributed by atoms with Crippen LogP contribution in [-0.4, -0.2) is 21.9 Å². The number of benzene rings is 2. The summed E-state index contributed by atoms with van der Waals surface area (Å²) in [4.78, 5) is 19.7. The number of nitro groups is 1. The van der Waals surface area contributed by atoms with Gasteiger partial charge in [0, 0.05) is 36.8 Å². The normalized spacial score (nSPS) is 11.2. The molecule has 1 heterocycles. The highest BCUT2D eigenvalue weighted by Gasteiger charge is 2.35. The summed E-state index contributed by atoms with van der Waals surface area (Å²) >= 11 is 0. The van der Waals surface area contributed by atoms with E-state index >= 15 is 0 Å². The number of aromatic nitrogens is 2. The average Bonchev–Trinajstić information content (AvgIpc) is 2.73. The molecule has 0 unspecified atom stereocenters. The van der Waals surface area contributed by atoms with Gasteiger partial charge in [0.25, 0.3) is 5.69 Å². The standard InChI is InChI=1S/C20H18F3N5O2/c1-3-13-4-8-15(9-5-13)27(2)19-24-12-17(20(21,22)23)18(26-19)25-14-6-10-16(11-7-14)28(29)30/h4-12H,3H2,1-2H3,(H,24,25,26). The zero-order valence-electron chi connectivity index (χ0n) is 16.1. The predicted molar refractivity (Wildman–Crippen MR) is 107 cm³/mol. The number of anilines is 4. The third-order valence-electron chi connectivity index (χ3n) is 4.45. The molecule has 30 heavy (non-hydrogen) atoms. The van der Waals surface area contributed by atoms with Crippen molar-refractivity contribution in [3.05, 3.63) is 76.0 Å². The van der Waals surface area contributed by atoms with Crippen LogP contribution >= 0.6 is 0 Å². The maximum absolute atomic E-state index is 13.4. The molecule has 0 fully saturated rings. The number of nitro benzene ring substituents is 1. The molecule has 3 rings (SSSR count). The molecule has 0 bridgehead atoms. The van der Waals surface area contributed by atoms with Gasteiger partial charge in [-0.05, 0) is 36.2 Å². The van der Waals surface area contributed by atoms with E-state index in [9.17, 15) is 23.3 Å². The number of rotatable bonds is 6. The van der Waals surface area contributed by atoms with Crippen LogP contribution < -0.4 is 10.2 Å². The first-order valence-electron chi connectivity index (χ1n) is 8.97. The van der Waals surface area contributed by atoms with Crippen LogP contribution in [0.15, 0.2) is 54.7 Å². The minimum absolute atomic E-state index is 0.0664. The lowest BCUT2D eigenvalue weighted by molar-refractivity contribution is -0.384. The summed E-state index contributed by atoms with van der Waals surface area (Å²) in [6.45, 7) is 2.02. The fourth-order valence-corrected chi connectivity index (χ4v) is 2.71. The third-order valence-corrected chi connectivity index (χ3v) is 4.45. The van der Waals surface area contributed by atoms with E-state index in [1.807, 2.05) is 31.2 Å². The van der Waals surface area contributed by atoms with Crippen LogP contribution in [0.25, 0.3) is 0 Å². The number of non-ortho nitro benzene ring substituents is 1. The largest absolute Gasteiger partial charge is 0.421 e. The molecule has 0 spiro atoms. The topological polar surface area (TPSA) is 84.2 Å². The lowest BCUT2D eigenvalue weighted by Crippen LogP contribution is -2.17. The van der Waals surface area contributed by atoms with Gasteiger partial charge in [-0.15, -0.1) is 0 Å². The molecule has 0 atom stereocenters. The van der Waals surface area contributed by atoms with Gasteiger partial charge in [-0.25, -0.2) is 4.98 Å². The zero-order valence-corrected chi connectivity index (χ0v) is 16.1. The van der Waals surface area contributed by atoms with Crippen molar-refractivity contribution >= 4 is 28.8 Å². The minimum atomic E-state index is -4.68. The Kier molecular flexibility index (Phi) is 5.86. The second kappa shape index (κ2) is 8.36. The second-order valence-electron chi connectivity index (χ2n) is 6.44. The number of nitrogens with one attached hydrogen (secondary N) is 1. The molecule has 1 aromatic heterocycles.